The quantitative estimate of drug-likeness (QED) is 0.909. The van der Waals surface area contributed by atoms with Crippen LogP contribution in [0.3, 0.4) is 0 Å². The van der Waals surface area contributed by atoms with Crippen molar-refractivity contribution in [1.82, 2.24) is 15.3 Å². The highest BCUT2D eigenvalue weighted by molar-refractivity contribution is 5.59. The molecule has 1 atom stereocenters. The summed E-state index contributed by atoms with van der Waals surface area (Å²) in [6.45, 7) is 7.05. The van der Waals surface area contributed by atoms with E-state index in [-0.39, 0.29) is 5.82 Å². The predicted octanol–water partition coefficient (Wildman–Crippen LogP) is 3.31. The van der Waals surface area contributed by atoms with Gasteiger partial charge in [0.15, 0.2) is 5.82 Å². The molecule has 122 valence electrons. The summed E-state index contributed by atoms with van der Waals surface area (Å²) in [7, 11) is 0. The number of halogens is 1. The third-order valence-corrected chi connectivity index (χ3v) is 4.43. The normalized spacial score (nSPS) is 18.0. The van der Waals surface area contributed by atoms with Gasteiger partial charge in [-0.05, 0) is 57.8 Å². The number of rotatable bonds is 4. The average Bonchev–Trinajstić information content (AvgIpc) is 2.57. The van der Waals surface area contributed by atoms with E-state index in [2.05, 4.69) is 20.6 Å². The van der Waals surface area contributed by atoms with Crippen LogP contribution in [0, 0.1) is 25.6 Å². The van der Waals surface area contributed by atoms with Gasteiger partial charge in [-0.3, -0.25) is 0 Å². The topological polar surface area (TPSA) is 49.8 Å². The Bertz CT molecular complexity index is 681. The van der Waals surface area contributed by atoms with E-state index in [1.807, 2.05) is 19.9 Å². The van der Waals surface area contributed by atoms with Gasteiger partial charge in [0.25, 0.3) is 0 Å². The monoisotopic (exact) mass is 314 g/mol. The summed E-state index contributed by atoms with van der Waals surface area (Å²) in [6, 6.07) is 6.42. The van der Waals surface area contributed by atoms with E-state index in [1.54, 1.807) is 6.07 Å². The molecule has 23 heavy (non-hydrogen) atoms. The van der Waals surface area contributed by atoms with Crippen molar-refractivity contribution in [2.24, 2.45) is 5.92 Å². The largest absolute Gasteiger partial charge is 0.369 e. The molecule has 0 spiro atoms. The second kappa shape index (κ2) is 7.04. The Morgan fingerprint density at radius 1 is 1.30 bits per heavy atom. The molecular weight excluding hydrogens is 291 g/mol. The molecule has 1 aromatic heterocycles. The van der Waals surface area contributed by atoms with Crippen molar-refractivity contribution in [2.75, 3.05) is 25.0 Å². The molecule has 1 aliphatic rings. The summed E-state index contributed by atoms with van der Waals surface area (Å²) in [6.07, 6.45) is 2.46. The lowest BCUT2D eigenvalue weighted by molar-refractivity contribution is 0.392. The van der Waals surface area contributed by atoms with Crippen molar-refractivity contribution in [3.8, 4) is 11.4 Å². The fourth-order valence-corrected chi connectivity index (χ4v) is 2.90. The van der Waals surface area contributed by atoms with Gasteiger partial charge >= 0.3 is 0 Å². The molecule has 2 aromatic rings. The third kappa shape index (κ3) is 3.85. The molecule has 1 aromatic carbocycles. The number of piperidine rings is 1. The van der Waals surface area contributed by atoms with Crippen molar-refractivity contribution >= 4 is 5.82 Å². The fraction of sp³-hybridized carbons (Fsp3) is 0.444. The fourth-order valence-electron chi connectivity index (χ4n) is 2.90. The summed E-state index contributed by atoms with van der Waals surface area (Å²) < 4.78 is 13.4. The van der Waals surface area contributed by atoms with Gasteiger partial charge < -0.3 is 10.6 Å². The van der Waals surface area contributed by atoms with Crippen LogP contribution in [0.15, 0.2) is 24.3 Å². The van der Waals surface area contributed by atoms with E-state index in [0.29, 0.717) is 17.3 Å². The molecule has 0 saturated carbocycles. The molecular formula is C18H23FN4. The SMILES string of the molecule is Cc1nc(-c2cccc(F)c2)nc(NCC2CCCNC2)c1C. The predicted molar refractivity (Wildman–Crippen MR) is 91.0 cm³/mol. The van der Waals surface area contributed by atoms with Gasteiger partial charge in [-0.15, -0.1) is 0 Å². The zero-order valence-electron chi connectivity index (χ0n) is 13.7. The molecule has 1 unspecified atom stereocenters. The molecule has 1 aliphatic heterocycles. The Kier molecular flexibility index (Phi) is 4.86. The Balaban J connectivity index is 1.81. The lowest BCUT2D eigenvalue weighted by Gasteiger charge is -2.23. The standard InChI is InChI=1S/C18H23FN4/c1-12-13(2)22-18(15-6-3-7-16(19)9-15)23-17(12)21-11-14-5-4-8-20-10-14/h3,6-7,9,14,20H,4-5,8,10-11H2,1-2H3,(H,21,22,23). The van der Waals surface area contributed by atoms with Gasteiger partial charge in [-0.25, -0.2) is 14.4 Å². The van der Waals surface area contributed by atoms with Crippen LogP contribution in [0.2, 0.25) is 0 Å². The maximum Gasteiger partial charge on any atom is 0.161 e. The van der Waals surface area contributed by atoms with Crippen LogP contribution in [0.25, 0.3) is 11.4 Å². The number of aryl methyl sites for hydroxylation is 1. The van der Waals surface area contributed by atoms with E-state index in [9.17, 15) is 4.39 Å². The summed E-state index contributed by atoms with van der Waals surface area (Å²) in [5.74, 6) is 1.77. The smallest absolute Gasteiger partial charge is 0.161 e. The maximum atomic E-state index is 13.4. The van der Waals surface area contributed by atoms with E-state index in [1.165, 1.54) is 25.0 Å². The third-order valence-electron chi connectivity index (χ3n) is 4.43. The molecule has 2 heterocycles. The van der Waals surface area contributed by atoms with Crippen molar-refractivity contribution in [2.45, 2.75) is 26.7 Å². The van der Waals surface area contributed by atoms with Gasteiger partial charge in [-0.1, -0.05) is 12.1 Å². The summed E-state index contributed by atoms with van der Waals surface area (Å²) in [4.78, 5) is 9.13. The molecule has 1 fully saturated rings. The van der Waals surface area contributed by atoms with E-state index >= 15 is 0 Å². The van der Waals surface area contributed by atoms with E-state index in [4.69, 9.17) is 0 Å². The van der Waals surface area contributed by atoms with Gasteiger partial charge in [0.1, 0.15) is 11.6 Å². The number of benzene rings is 1. The second-order valence-electron chi connectivity index (χ2n) is 6.21. The van der Waals surface area contributed by atoms with Crippen LogP contribution >= 0.6 is 0 Å². The molecule has 2 N–H and O–H groups in total. The number of hydrogen-bond acceptors (Lipinski definition) is 4. The minimum absolute atomic E-state index is 0.271. The van der Waals surface area contributed by atoms with Gasteiger partial charge in [0.05, 0.1) is 0 Å². The number of aromatic nitrogens is 2. The minimum atomic E-state index is -0.271. The van der Waals surface area contributed by atoms with Crippen LogP contribution in [-0.2, 0) is 0 Å². The first-order chi connectivity index (χ1) is 11.1. The zero-order valence-corrected chi connectivity index (χ0v) is 13.7. The summed E-state index contributed by atoms with van der Waals surface area (Å²) in [5, 5.41) is 6.89. The van der Waals surface area contributed by atoms with Crippen molar-refractivity contribution in [3.63, 3.8) is 0 Å². The lowest BCUT2D eigenvalue weighted by Crippen LogP contribution is -2.33. The van der Waals surface area contributed by atoms with Crippen LogP contribution < -0.4 is 10.6 Å². The number of anilines is 1. The molecule has 3 rings (SSSR count). The molecule has 1 saturated heterocycles. The first-order valence-corrected chi connectivity index (χ1v) is 8.19. The van der Waals surface area contributed by atoms with Crippen LogP contribution in [0.5, 0.6) is 0 Å². The Labute approximate surface area is 136 Å². The zero-order chi connectivity index (χ0) is 16.2. The van der Waals surface area contributed by atoms with E-state index in [0.717, 1.165) is 36.7 Å². The van der Waals surface area contributed by atoms with Crippen molar-refractivity contribution in [1.29, 1.82) is 0 Å². The highest BCUT2D eigenvalue weighted by Crippen LogP contribution is 2.23. The molecule has 0 aliphatic carbocycles. The number of nitrogens with zero attached hydrogens (tertiary/aromatic N) is 2. The van der Waals surface area contributed by atoms with Crippen LogP contribution in [0.4, 0.5) is 10.2 Å². The Morgan fingerprint density at radius 2 is 2.17 bits per heavy atom. The number of hydrogen-bond donors (Lipinski definition) is 2. The van der Waals surface area contributed by atoms with Gasteiger partial charge in [0, 0.05) is 23.4 Å². The minimum Gasteiger partial charge on any atom is -0.369 e. The second-order valence-corrected chi connectivity index (χ2v) is 6.21. The molecule has 4 nitrogen and oxygen atoms in total. The van der Waals surface area contributed by atoms with Gasteiger partial charge in [-0.2, -0.15) is 0 Å². The summed E-state index contributed by atoms with van der Waals surface area (Å²) in [5.41, 5.74) is 2.67. The molecule has 0 bridgehead atoms. The summed E-state index contributed by atoms with van der Waals surface area (Å²) >= 11 is 0. The Morgan fingerprint density at radius 3 is 2.91 bits per heavy atom. The maximum absolute atomic E-state index is 13.4. The van der Waals surface area contributed by atoms with Crippen molar-refractivity contribution < 1.29 is 4.39 Å². The first kappa shape index (κ1) is 15.9. The molecule has 0 amide bonds. The lowest BCUT2D eigenvalue weighted by atomic mass is 10.00. The highest BCUT2D eigenvalue weighted by atomic mass is 19.1. The number of nitrogens with one attached hydrogen (secondary N) is 2. The van der Waals surface area contributed by atoms with Crippen LogP contribution in [-0.4, -0.2) is 29.6 Å². The van der Waals surface area contributed by atoms with Crippen molar-refractivity contribution in [3.05, 3.63) is 41.3 Å². The highest BCUT2D eigenvalue weighted by Gasteiger charge is 2.15. The van der Waals surface area contributed by atoms with Gasteiger partial charge in [0.2, 0.25) is 0 Å². The van der Waals surface area contributed by atoms with E-state index < -0.39 is 0 Å². The van der Waals surface area contributed by atoms with Crippen LogP contribution in [0.1, 0.15) is 24.1 Å². The molecule has 5 heteroatoms. The first-order valence-electron chi connectivity index (χ1n) is 8.19. The Hall–Kier alpha value is -2.01. The average molecular weight is 314 g/mol. The molecule has 0 radical (unpaired) electrons.